The van der Waals surface area contributed by atoms with Crippen LogP contribution in [0.5, 0.6) is 0 Å². The third-order valence-corrected chi connectivity index (χ3v) is 2.46. The largest absolute Gasteiger partial charge is 0.372 e. The molecule has 1 aromatic rings. The normalized spacial score (nSPS) is 15.1. The van der Waals surface area contributed by atoms with Crippen LogP contribution in [0.3, 0.4) is 0 Å². The van der Waals surface area contributed by atoms with E-state index < -0.39 is 0 Å². The molecule has 0 amide bonds. The highest BCUT2D eigenvalue weighted by molar-refractivity contribution is 5.25. The van der Waals surface area contributed by atoms with E-state index in [0.717, 1.165) is 6.61 Å². The minimum absolute atomic E-state index is 0.00213. The Morgan fingerprint density at radius 3 is 2.44 bits per heavy atom. The maximum absolute atomic E-state index is 5.98. The molecule has 2 unspecified atom stereocenters. The molecule has 2 heteroatoms. The predicted octanol–water partition coefficient (Wildman–Crippen LogP) is 3.06. The predicted molar refractivity (Wildman–Crippen MR) is 68.4 cm³/mol. The van der Waals surface area contributed by atoms with Crippen LogP contribution < -0.4 is 5.73 Å². The van der Waals surface area contributed by atoms with Gasteiger partial charge in [0.1, 0.15) is 0 Å². The van der Waals surface area contributed by atoms with Crippen molar-refractivity contribution < 1.29 is 4.74 Å². The molecule has 0 heterocycles. The lowest BCUT2D eigenvalue weighted by molar-refractivity contribution is 0.0221. The molecule has 90 valence electrons. The zero-order valence-corrected chi connectivity index (χ0v) is 10.7. The van der Waals surface area contributed by atoms with E-state index in [1.165, 1.54) is 11.1 Å². The van der Waals surface area contributed by atoms with Crippen LogP contribution in [-0.4, -0.2) is 12.6 Å². The van der Waals surface area contributed by atoms with Crippen LogP contribution in [0.2, 0.25) is 0 Å². The van der Waals surface area contributed by atoms with Gasteiger partial charge < -0.3 is 10.5 Å². The maximum atomic E-state index is 5.98. The molecule has 0 spiro atoms. The molecule has 0 aliphatic rings. The summed E-state index contributed by atoms with van der Waals surface area (Å²) in [7, 11) is 0. The summed E-state index contributed by atoms with van der Waals surface area (Å²) in [6, 6.07) is 8.39. The summed E-state index contributed by atoms with van der Waals surface area (Å²) in [6.45, 7) is 9.13. The van der Waals surface area contributed by atoms with Gasteiger partial charge in [0.2, 0.25) is 0 Å². The average Bonchev–Trinajstić information content (AvgIpc) is 2.17. The first kappa shape index (κ1) is 13.2. The average molecular weight is 221 g/mol. The third-order valence-electron chi connectivity index (χ3n) is 2.46. The summed E-state index contributed by atoms with van der Waals surface area (Å²) in [5.41, 5.74) is 8.40. The van der Waals surface area contributed by atoms with Crippen LogP contribution in [0.4, 0.5) is 0 Å². The van der Waals surface area contributed by atoms with Gasteiger partial charge in [-0.3, -0.25) is 0 Å². The number of nitrogens with two attached hydrogens (primary N) is 1. The van der Waals surface area contributed by atoms with Gasteiger partial charge in [-0.1, -0.05) is 43.7 Å². The molecule has 0 radical (unpaired) electrons. The number of benzene rings is 1. The van der Waals surface area contributed by atoms with Gasteiger partial charge in [0.15, 0.2) is 0 Å². The van der Waals surface area contributed by atoms with Crippen LogP contribution in [0.1, 0.15) is 38.0 Å². The van der Waals surface area contributed by atoms with Crippen molar-refractivity contribution in [3.63, 3.8) is 0 Å². The Kier molecular flexibility index (Phi) is 4.97. The Bertz CT molecular complexity index is 320. The van der Waals surface area contributed by atoms with Crippen LogP contribution >= 0.6 is 0 Å². The zero-order valence-electron chi connectivity index (χ0n) is 10.7. The van der Waals surface area contributed by atoms with Crippen molar-refractivity contribution in [2.75, 3.05) is 6.61 Å². The maximum Gasteiger partial charge on any atom is 0.0973 e. The molecule has 16 heavy (non-hydrogen) atoms. The van der Waals surface area contributed by atoms with Gasteiger partial charge in [0.05, 0.1) is 6.10 Å². The highest BCUT2D eigenvalue weighted by atomic mass is 16.5. The van der Waals surface area contributed by atoms with Gasteiger partial charge in [-0.15, -0.1) is 0 Å². The van der Waals surface area contributed by atoms with E-state index in [-0.39, 0.29) is 12.1 Å². The van der Waals surface area contributed by atoms with Crippen molar-refractivity contribution in [3.05, 3.63) is 35.4 Å². The number of ether oxygens (including phenoxy) is 1. The summed E-state index contributed by atoms with van der Waals surface area (Å²) in [6.07, 6.45) is 0.00213. The van der Waals surface area contributed by atoms with E-state index in [1.807, 2.05) is 6.92 Å². The molecule has 0 saturated heterocycles. The molecule has 0 aliphatic carbocycles. The quantitative estimate of drug-likeness (QED) is 0.829. The Hall–Kier alpha value is -0.860. The molecule has 2 atom stereocenters. The van der Waals surface area contributed by atoms with Gasteiger partial charge in [-0.05, 0) is 25.3 Å². The lowest BCUT2D eigenvalue weighted by atomic mass is 10.0. The summed E-state index contributed by atoms with van der Waals surface area (Å²) in [5, 5.41) is 0. The number of hydrogen-bond acceptors (Lipinski definition) is 2. The molecule has 0 aliphatic heterocycles. The molecule has 0 bridgehead atoms. The monoisotopic (exact) mass is 221 g/mol. The standard InChI is InChI=1S/C14H23NO/c1-10(2)9-16-14(12(4)15)13-7-5-6-11(3)8-13/h5-8,10,12,14H,9,15H2,1-4H3. The summed E-state index contributed by atoms with van der Waals surface area (Å²) < 4.78 is 5.88. The summed E-state index contributed by atoms with van der Waals surface area (Å²) >= 11 is 0. The molecule has 0 saturated carbocycles. The molecule has 1 aromatic carbocycles. The fourth-order valence-electron chi connectivity index (χ4n) is 1.69. The molecule has 0 fully saturated rings. The summed E-state index contributed by atoms with van der Waals surface area (Å²) in [4.78, 5) is 0. The fraction of sp³-hybridized carbons (Fsp3) is 0.571. The van der Waals surface area contributed by atoms with Crippen molar-refractivity contribution in [2.24, 2.45) is 11.7 Å². The first-order valence-corrected chi connectivity index (χ1v) is 5.94. The van der Waals surface area contributed by atoms with Crippen molar-refractivity contribution >= 4 is 0 Å². The third kappa shape index (κ3) is 3.95. The Morgan fingerprint density at radius 1 is 1.25 bits per heavy atom. The van der Waals surface area contributed by atoms with Gasteiger partial charge in [-0.25, -0.2) is 0 Å². The molecule has 2 nitrogen and oxygen atoms in total. The van der Waals surface area contributed by atoms with E-state index >= 15 is 0 Å². The summed E-state index contributed by atoms with van der Waals surface area (Å²) in [5.74, 6) is 0.533. The second-order valence-corrected chi connectivity index (χ2v) is 4.92. The van der Waals surface area contributed by atoms with Crippen molar-refractivity contribution in [1.82, 2.24) is 0 Å². The van der Waals surface area contributed by atoms with E-state index in [2.05, 4.69) is 45.0 Å². The SMILES string of the molecule is Cc1cccc(C(OCC(C)C)C(C)N)c1. The Balaban J connectivity index is 2.77. The van der Waals surface area contributed by atoms with E-state index in [1.54, 1.807) is 0 Å². The smallest absolute Gasteiger partial charge is 0.0973 e. The highest BCUT2D eigenvalue weighted by Crippen LogP contribution is 2.22. The van der Waals surface area contributed by atoms with Gasteiger partial charge in [-0.2, -0.15) is 0 Å². The van der Waals surface area contributed by atoms with Crippen molar-refractivity contribution in [2.45, 2.75) is 39.8 Å². The molecule has 1 rings (SSSR count). The van der Waals surface area contributed by atoms with Crippen LogP contribution in [0.25, 0.3) is 0 Å². The lowest BCUT2D eigenvalue weighted by Gasteiger charge is -2.23. The van der Waals surface area contributed by atoms with E-state index in [9.17, 15) is 0 Å². The number of hydrogen-bond donors (Lipinski definition) is 1. The topological polar surface area (TPSA) is 35.2 Å². The second kappa shape index (κ2) is 6.02. The first-order chi connectivity index (χ1) is 7.50. The second-order valence-electron chi connectivity index (χ2n) is 4.92. The van der Waals surface area contributed by atoms with Gasteiger partial charge in [0, 0.05) is 12.6 Å². The van der Waals surface area contributed by atoms with Gasteiger partial charge in [0.25, 0.3) is 0 Å². The van der Waals surface area contributed by atoms with Crippen molar-refractivity contribution in [1.29, 1.82) is 0 Å². The van der Waals surface area contributed by atoms with E-state index in [4.69, 9.17) is 10.5 Å². The van der Waals surface area contributed by atoms with Crippen LogP contribution in [0.15, 0.2) is 24.3 Å². The zero-order chi connectivity index (χ0) is 12.1. The molecule has 0 aromatic heterocycles. The fourth-order valence-corrected chi connectivity index (χ4v) is 1.69. The molecular formula is C14H23NO. The first-order valence-electron chi connectivity index (χ1n) is 5.94. The highest BCUT2D eigenvalue weighted by Gasteiger charge is 2.17. The molecule has 2 N–H and O–H groups in total. The van der Waals surface area contributed by atoms with Crippen LogP contribution in [0, 0.1) is 12.8 Å². The van der Waals surface area contributed by atoms with E-state index in [0.29, 0.717) is 5.92 Å². The number of aryl methyl sites for hydroxylation is 1. The molecular weight excluding hydrogens is 198 g/mol. The minimum Gasteiger partial charge on any atom is -0.372 e. The van der Waals surface area contributed by atoms with Crippen molar-refractivity contribution in [3.8, 4) is 0 Å². The van der Waals surface area contributed by atoms with Crippen LogP contribution in [-0.2, 0) is 4.74 Å². The minimum atomic E-state index is 0.00213. The Labute approximate surface area is 98.8 Å². The van der Waals surface area contributed by atoms with Gasteiger partial charge >= 0.3 is 0 Å². The Morgan fingerprint density at radius 2 is 1.94 bits per heavy atom. The number of rotatable bonds is 5. The lowest BCUT2D eigenvalue weighted by Crippen LogP contribution is -2.28.